The molecule has 0 saturated heterocycles. The molecule has 1 aromatic carbocycles. The Balaban J connectivity index is 2.26. The van der Waals surface area contributed by atoms with Gasteiger partial charge in [-0.1, -0.05) is 6.08 Å². The minimum atomic E-state index is -0.502. The third kappa shape index (κ3) is 4.76. The van der Waals surface area contributed by atoms with Gasteiger partial charge < -0.3 is 19.7 Å². The number of aromatic nitrogens is 1. The van der Waals surface area contributed by atoms with Crippen LogP contribution in [0, 0.1) is 6.92 Å². The van der Waals surface area contributed by atoms with Crippen LogP contribution < -0.4 is 16.2 Å². The number of carbonyl (C=O) groups is 2. The Kier molecular flexibility index (Phi) is 6.78. The van der Waals surface area contributed by atoms with Gasteiger partial charge >= 0.3 is 5.97 Å². The van der Waals surface area contributed by atoms with Crippen molar-refractivity contribution in [1.29, 1.82) is 0 Å². The second-order valence-electron chi connectivity index (χ2n) is 5.64. The van der Waals surface area contributed by atoms with Crippen molar-refractivity contribution in [3.63, 3.8) is 0 Å². The standard InChI is InChI=1S/C18H22N4O4S/c1-4-8-19-18(27)21-20-15(24)10-22-11(3)16(17(25)26-5-2)13-9-12(23)6-7-14(13)22/h4,6-7,9,23H,1,5,8,10H2,2-3H3,(H,20,24)(H2,19,21,27). The minimum Gasteiger partial charge on any atom is -0.508 e. The molecule has 0 radical (unpaired) electrons. The highest BCUT2D eigenvalue weighted by molar-refractivity contribution is 7.80. The summed E-state index contributed by atoms with van der Waals surface area (Å²) in [7, 11) is 0. The SMILES string of the molecule is C=CCNC(=S)NNC(=O)Cn1c(C)c(C(=O)OCC)c2cc(O)ccc21. The maximum Gasteiger partial charge on any atom is 0.340 e. The lowest BCUT2D eigenvalue weighted by atomic mass is 10.1. The van der Waals surface area contributed by atoms with E-state index in [2.05, 4.69) is 22.7 Å². The van der Waals surface area contributed by atoms with E-state index >= 15 is 0 Å². The molecule has 0 aliphatic rings. The number of hydrazine groups is 1. The summed E-state index contributed by atoms with van der Waals surface area (Å²) < 4.78 is 6.79. The van der Waals surface area contributed by atoms with Gasteiger partial charge in [0.15, 0.2) is 5.11 Å². The van der Waals surface area contributed by atoms with E-state index in [1.165, 1.54) is 12.1 Å². The Morgan fingerprint density at radius 3 is 2.78 bits per heavy atom. The molecule has 0 saturated carbocycles. The number of amides is 1. The molecule has 1 aromatic heterocycles. The highest BCUT2D eigenvalue weighted by atomic mass is 32.1. The molecule has 0 aliphatic heterocycles. The highest BCUT2D eigenvalue weighted by Crippen LogP contribution is 2.29. The van der Waals surface area contributed by atoms with Crippen LogP contribution in [-0.4, -0.2) is 39.8 Å². The summed E-state index contributed by atoms with van der Waals surface area (Å²) in [5.74, 6) is -0.839. The molecule has 8 nitrogen and oxygen atoms in total. The molecular weight excluding hydrogens is 368 g/mol. The van der Waals surface area contributed by atoms with Gasteiger partial charge in [-0.15, -0.1) is 6.58 Å². The Morgan fingerprint density at radius 2 is 2.11 bits per heavy atom. The molecule has 0 bridgehead atoms. The summed E-state index contributed by atoms with van der Waals surface area (Å²) >= 11 is 5.01. The number of phenols is 1. The number of nitrogens with zero attached hydrogens (tertiary/aromatic N) is 1. The summed E-state index contributed by atoms with van der Waals surface area (Å²) in [4.78, 5) is 24.6. The molecule has 0 spiro atoms. The van der Waals surface area contributed by atoms with Crippen LogP contribution in [0.15, 0.2) is 30.9 Å². The maximum atomic E-state index is 12.3. The van der Waals surface area contributed by atoms with Crippen molar-refractivity contribution in [2.75, 3.05) is 13.2 Å². The first-order valence-electron chi connectivity index (χ1n) is 8.31. The quantitative estimate of drug-likeness (QED) is 0.256. The number of phenolic OH excluding ortho intramolecular Hbond substituents is 1. The van der Waals surface area contributed by atoms with Gasteiger partial charge in [0.25, 0.3) is 5.91 Å². The lowest BCUT2D eigenvalue weighted by Gasteiger charge is -2.12. The van der Waals surface area contributed by atoms with Gasteiger partial charge in [0.05, 0.1) is 12.2 Å². The number of fused-ring (bicyclic) bond motifs is 1. The van der Waals surface area contributed by atoms with E-state index in [1.807, 2.05) is 0 Å². The molecule has 0 fully saturated rings. The van der Waals surface area contributed by atoms with Gasteiger partial charge in [0, 0.05) is 23.1 Å². The summed E-state index contributed by atoms with van der Waals surface area (Å²) in [6, 6.07) is 4.63. The predicted molar refractivity (Wildman–Crippen MR) is 106 cm³/mol. The average molecular weight is 390 g/mol. The van der Waals surface area contributed by atoms with Gasteiger partial charge in [-0.2, -0.15) is 0 Å². The fourth-order valence-electron chi connectivity index (χ4n) is 2.65. The second kappa shape index (κ2) is 9.04. The van der Waals surface area contributed by atoms with Crippen LogP contribution in [-0.2, 0) is 16.1 Å². The van der Waals surface area contributed by atoms with E-state index in [0.29, 0.717) is 28.7 Å². The number of nitrogens with one attached hydrogen (secondary N) is 3. The predicted octanol–water partition coefficient (Wildman–Crippen LogP) is 1.51. The largest absolute Gasteiger partial charge is 0.508 e. The molecule has 27 heavy (non-hydrogen) atoms. The average Bonchev–Trinajstić information content (AvgIpc) is 2.89. The number of aromatic hydroxyl groups is 1. The number of thiocarbonyl (C=S) groups is 1. The zero-order valence-corrected chi connectivity index (χ0v) is 16.0. The van der Waals surface area contributed by atoms with Crippen molar-refractivity contribution >= 4 is 40.1 Å². The molecule has 1 amide bonds. The van der Waals surface area contributed by atoms with Crippen LogP contribution >= 0.6 is 12.2 Å². The highest BCUT2D eigenvalue weighted by Gasteiger charge is 2.22. The fraction of sp³-hybridized carbons (Fsp3) is 0.278. The Labute approximate surface area is 162 Å². The molecule has 1 heterocycles. The van der Waals surface area contributed by atoms with Crippen molar-refractivity contribution in [3.05, 3.63) is 42.1 Å². The molecule has 0 unspecified atom stereocenters. The lowest BCUT2D eigenvalue weighted by Crippen LogP contribution is -2.47. The zero-order chi connectivity index (χ0) is 20.0. The van der Waals surface area contributed by atoms with Crippen LogP contribution in [0.4, 0.5) is 0 Å². The Bertz CT molecular complexity index is 891. The molecule has 4 N–H and O–H groups in total. The number of hydrogen-bond acceptors (Lipinski definition) is 5. The van der Waals surface area contributed by atoms with E-state index in [9.17, 15) is 14.7 Å². The van der Waals surface area contributed by atoms with Gasteiger partial charge in [0.2, 0.25) is 0 Å². The molecule has 2 rings (SSSR count). The van der Waals surface area contributed by atoms with E-state index in [0.717, 1.165) is 0 Å². The van der Waals surface area contributed by atoms with E-state index < -0.39 is 5.97 Å². The zero-order valence-electron chi connectivity index (χ0n) is 15.2. The smallest absolute Gasteiger partial charge is 0.340 e. The van der Waals surface area contributed by atoms with E-state index in [1.54, 1.807) is 30.6 Å². The first-order chi connectivity index (χ1) is 12.9. The normalized spacial score (nSPS) is 10.3. The number of ether oxygens (including phenoxy) is 1. The fourth-order valence-corrected chi connectivity index (χ4v) is 2.79. The van der Waals surface area contributed by atoms with Gasteiger partial charge in [0.1, 0.15) is 12.3 Å². The first kappa shape index (κ1) is 20.2. The van der Waals surface area contributed by atoms with Crippen LogP contribution in [0.1, 0.15) is 23.0 Å². The summed E-state index contributed by atoms with van der Waals surface area (Å²) in [5, 5.41) is 13.4. The second-order valence-corrected chi connectivity index (χ2v) is 6.05. The van der Waals surface area contributed by atoms with E-state index in [-0.39, 0.29) is 29.9 Å². The van der Waals surface area contributed by atoms with Gasteiger partial charge in [-0.25, -0.2) is 4.79 Å². The van der Waals surface area contributed by atoms with Gasteiger partial charge in [-0.3, -0.25) is 15.6 Å². The van der Waals surface area contributed by atoms with E-state index in [4.69, 9.17) is 17.0 Å². The van der Waals surface area contributed by atoms with Crippen molar-refractivity contribution in [2.24, 2.45) is 0 Å². The number of hydrogen-bond donors (Lipinski definition) is 4. The van der Waals surface area contributed by atoms with Crippen LogP contribution in [0.25, 0.3) is 10.9 Å². The molecule has 0 atom stereocenters. The molecule has 9 heteroatoms. The Morgan fingerprint density at radius 1 is 1.37 bits per heavy atom. The number of benzene rings is 1. The number of esters is 1. The third-order valence-electron chi connectivity index (χ3n) is 3.81. The monoisotopic (exact) mass is 390 g/mol. The lowest BCUT2D eigenvalue weighted by molar-refractivity contribution is -0.122. The minimum absolute atomic E-state index is 0.0231. The van der Waals surface area contributed by atoms with Crippen LogP contribution in [0.2, 0.25) is 0 Å². The van der Waals surface area contributed by atoms with Crippen LogP contribution in [0.3, 0.4) is 0 Å². The molecular formula is C18H22N4O4S. The Hall–Kier alpha value is -3.07. The molecule has 144 valence electrons. The first-order valence-corrected chi connectivity index (χ1v) is 8.72. The molecule has 2 aromatic rings. The van der Waals surface area contributed by atoms with Crippen molar-refractivity contribution in [3.8, 4) is 5.75 Å². The summed E-state index contributed by atoms with van der Waals surface area (Å²) in [6.07, 6.45) is 1.64. The van der Waals surface area contributed by atoms with Crippen LogP contribution in [0.5, 0.6) is 5.75 Å². The molecule has 0 aliphatic carbocycles. The number of carbonyl (C=O) groups excluding carboxylic acids is 2. The number of rotatable bonds is 6. The summed E-state index contributed by atoms with van der Waals surface area (Å²) in [5.41, 5.74) is 6.61. The van der Waals surface area contributed by atoms with Crippen molar-refractivity contribution in [2.45, 2.75) is 20.4 Å². The van der Waals surface area contributed by atoms with Crippen molar-refractivity contribution < 1.29 is 19.4 Å². The van der Waals surface area contributed by atoms with Crippen molar-refractivity contribution in [1.82, 2.24) is 20.7 Å². The van der Waals surface area contributed by atoms with Gasteiger partial charge in [-0.05, 0) is 44.3 Å². The topological polar surface area (TPSA) is 105 Å². The maximum absolute atomic E-state index is 12.3. The summed E-state index contributed by atoms with van der Waals surface area (Å²) in [6.45, 7) is 7.64. The third-order valence-corrected chi connectivity index (χ3v) is 4.06.